The minimum Gasteiger partial charge on any atom is -0.368 e. The highest BCUT2D eigenvalue weighted by molar-refractivity contribution is 5.94. The molecule has 0 atom stereocenters. The summed E-state index contributed by atoms with van der Waals surface area (Å²) in [5.41, 5.74) is 6.03. The second-order valence-electron chi connectivity index (χ2n) is 6.55. The number of benzene rings is 2. The predicted molar refractivity (Wildman–Crippen MR) is 99.9 cm³/mol. The molecule has 1 heterocycles. The van der Waals surface area contributed by atoms with Gasteiger partial charge in [0.05, 0.1) is 0 Å². The molecule has 0 bridgehead atoms. The fraction of sp³-hybridized carbons (Fsp3) is 0.381. The van der Waals surface area contributed by atoms with Crippen molar-refractivity contribution in [2.45, 2.75) is 27.2 Å². The molecule has 3 rings (SSSR count). The lowest BCUT2D eigenvalue weighted by Gasteiger charge is -2.37. The van der Waals surface area contributed by atoms with Gasteiger partial charge in [-0.2, -0.15) is 0 Å². The number of hydrogen-bond acceptors (Lipinski definition) is 2. The Labute approximate surface area is 144 Å². The van der Waals surface area contributed by atoms with Crippen LogP contribution in [0.1, 0.15) is 34.0 Å². The van der Waals surface area contributed by atoms with Crippen LogP contribution in [0.5, 0.6) is 0 Å². The van der Waals surface area contributed by atoms with Crippen molar-refractivity contribution in [3.8, 4) is 0 Å². The van der Waals surface area contributed by atoms with E-state index in [0.717, 1.165) is 38.2 Å². The van der Waals surface area contributed by atoms with Crippen LogP contribution in [0.3, 0.4) is 0 Å². The summed E-state index contributed by atoms with van der Waals surface area (Å²) in [5.74, 6) is 0.151. The van der Waals surface area contributed by atoms with Crippen molar-refractivity contribution in [1.82, 2.24) is 4.90 Å². The van der Waals surface area contributed by atoms with Crippen molar-refractivity contribution >= 4 is 11.6 Å². The van der Waals surface area contributed by atoms with Gasteiger partial charge in [-0.3, -0.25) is 4.79 Å². The van der Waals surface area contributed by atoms with Gasteiger partial charge in [-0.15, -0.1) is 0 Å². The molecule has 1 aliphatic rings. The number of anilines is 1. The minimum absolute atomic E-state index is 0.151. The fourth-order valence-electron chi connectivity index (χ4n) is 3.29. The molecule has 0 spiro atoms. The summed E-state index contributed by atoms with van der Waals surface area (Å²) in [4.78, 5) is 17.0. The van der Waals surface area contributed by atoms with Gasteiger partial charge in [0.2, 0.25) is 0 Å². The molecule has 0 unspecified atom stereocenters. The first-order chi connectivity index (χ1) is 11.6. The van der Waals surface area contributed by atoms with Gasteiger partial charge >= 0.3 is 0 Å². The molecule has 0 N–H and O–H groups in total. The number of carbonyl (C=O) groups is 1. The van der Waals surface area contributed by atoms with Gasteiger partial charge in [-0.1, -0.05) is 31.2 Å². The summed E-state index contributed by atoms with van der Waals surface area (Å²) in [6.07, 6.45) is 1.00. The summed E-state index contributed by atoms with van der Waals surface area (Å²) in [5, 5.41) is 0. The van der Waals surface area contributed by atoms with E-state index in [4.69, 9.17) is 0 Å². The first kappa shape index (κ1) is 16.6. The van der Waals surface area contributed by atoms with Crippen molar-refractivity contribution in [3.63, 3.8) is 0 Å². The first-order valence-electron chi connectivity index (χ1n) is 8.79. The zero-order valence-corrected chi connectivity index (χ0v) is 14.9. The molecule has 0 aliphatic carbocycles. The van der Waals surface area contributed by atoms with Gasteiger partial charge in [0.25, 0.3) is 5.91 Å². The molecule has 3 heteroatoms. The SMILES string of the molecule is CCc1ccc(C(=O)N2CCN(c3cccc(C)c3C)CC2)cc1. The van der Waals surface area contributed by atoms with Crippen LogP contribution in [0.25, 0.3) is 0 Å². The van der Waals surface area contributed by atoms with Crippen molar-refractivity contribution < 1.29 is 4.79 Å². The summed E-state index contributed by atoms with van der Waals surface area (Å²) in [7, 11) is 0. The van der Waals surface area contributed by atoms with Gasteiger partial charge in [-0.25, -0.2) is 0 Å². The molecule has 3 nitrogen and oxygen atoms in total. The van der Waals surface area contributed by atoms with E-state index < -0.39 is 0 Å². The molecule has 2 aromatic rings. The molecule has 1 aliphatic heterocycles. The Morgan fingerprint density at radius 2 is 1.62 bits per heavy atom. The molecule has 0 radical (unpaired) electrons. The summed E-state index contributed by atoms with van der Waals surface area (Å²) < 4.78 is 0. The quantitative estimate of drug-likeness (QED) is 0.857. The summed E-state index contributed by atoms with van der Waals surface area (Å²) in [6.45, 7) is 9.80. The zero-order valence-electron chi connectivity index (χ0n) is 14.9. The zero-order chi connectivity index (χ0) is 17.1. The number of rotatable bonds is 3. The van der Waals surface area contributed by atoms with Gasteiger partial charge in [0, 0.05) is 37.4 Å². The van der Waals surface area contributed by atoms with Crippen molar-refractivity contribution in [3.05, 3.63) is 64.7 Å². The van der Waals surface area contributed by atoms with Crippen LogP contribution in [-0.4, -0.2) is 37.0 Å². The predicted octanol–water partition coefficient (Wildman–Crippen LogP) is 3.83. The Morgan fingerprint density at radius 1 is 0.958 bits per heavy atom. The molecular formula is C21H26N2O. The van der Waals surface area contributed by atoms with E-state index in [0.29, 0.717) is 0 Å². The molecule has 126 valence electrons. The summed E-state index contributed by atoms with van der Waals surface area (Å²) >= 11 is 0. The lowest BCUT2D eigenvalue weighted by Crippen LogP contribution is -2.49. The Morgan fingerprint density at radius 3 is 2.25 bits per heavy atom. The third kappa shape index (κ3) is 3.30. The highest BCUT2D eigenvalue weighted by Crippen LogP contribution is 2.24. The third-order valence-corrected chi connectivity index (χ3v) is 5.09. The Hall–Kier alpha value is -2.29. The first-order valence-corrected chi connectivity index (χ1v) is 8.79. The van der Waals surface area contributed by atoms with Gasteiger partial charge in [-0.05, 0) is 55.2 Å². The normalized spacial score (nSPS) is 14.8. The Balaban J connectivity index is 1.66. The van der Waals surface area contributed by atoms with E-state index in [2.05, 4.69) is 56.0 Å². The fourth-order valence-corrected chi connectivity index (χ4v) is 3.29. The van der Waals surface area contributed by atoms with Crippen LogP contribution in [0.15, 0.2) is 42.5 Å². The average Bonchev–Trinajstić information content (AvgIpc) is 2.64. The van der Waals surface area contributed by atoms with E-state index in [1.165, 1.54) is 22.4 Å². The topological polar surface area (TPSA) is 23.6 Å². The second kappa shape index (κ2) is 7.08. The van der Waals surface area contributed by atoms with Gasteiger partial charge in [0.1, 0.15) is 0 Å². The molecular weight excluding hydrogens is 296 g/mol. The standard InChI is InChI=1S/C21H26N2O/c1-4-18-8-10-19(11-9-18)21(24)23-14-12-22(13-15-23)20-7-5-6-16(2)17(20)3/h5-11H,4,12-15H2,1-3H3. The molecule has 2 aromatic carbocycles. The van der Waals surface area contributed by atoms with Crippen LogP contribution >= 0.6 is 0 Å². The number of hydrogen-bond donors (Lipinski definition) is 0. The number of amides is 1. The maximum absolute atomic E-state index is 12.7. The monoisotopic (exact) mass is 322 g/mol. The Kier molecular flexibility index (Phi) is 4.89. The van der Waals surface area contributed by atoms with E-state index >= 15 is 0 Å². The number of aryl methyl sites for hydroxylation is 2. The van der Waals surface area contributed by atoms with Crippen molar-refractivity contribution in [2.24, 2.45) is 0 Å². The number of piperazine rings is 1. The van der Waals surface area contributed by atoms with E-state index in [1.54, 1.807) is 0 Å². The summed E-state index contributed by atoms with van der Waals surface area (Å²) in [6, 6.07) is 14.5. The van der Waals surface area contributed by atoms with E-state index in [-0.39, 0.29) is 5.91 Å². The van der Waals surface area contributed by atoms with Crippen LogP contribution in [0, 0.1) is 13.8 Å². The van der Waals surface area contributed by atoms with E-state index in [9.17, 15) is 4.79 Å². The lowest BCUT2D eigenvalue weighted by molar-refractivity contribution is 0.0747. The van der Waals surface area contributed by atoms with Crippen LogP contribution in [-0.2, 0) is 6.42 Å². The largest absolute Gasteiger partial charge is 0.368 e. The van der Waals surface area contributed by atoms with Crippen LogP contribution < -0.4 is 4.90 Å². The molecule has 1 saturated heterocycles. The minimum atomic E-state index is 0.151. The number of nitrogens with zero attached hydrogens (tertiary/aromatic N) is 2. The third-order valence-electron chi connectivity index (χ3n) is 5.09. The van der Waals surface area contributed by atoms with Crippen LogP contribution in [0.4, 0.5) is 5.69 Å². The van der Waals surface area contributed by atoms with Gasteiger partial charge < -0.3 is 9.80 Å². The molecule has 1 amide bonds. The maximum atomic E-state index is 12.7. The lowest BCUT2D eigenvalue weighted by atomic mass is 10.1. The number of carbonyl (C=O) groups excluding carboxylic acids is 1. The second-order valence-corrected chi connectivity index (χ2v) is 6.55. The average molecular weight is 322 g/mol. The van der Waals surface area contributed by atoms with Crippen molar-refractivity contribution in [2.75, 3.05) is 31.1 Å². The Bertz CT molecular complexity index is 713. The van der Waals surface area contributed by atoms with E-state index in [1.807, 2.05) is 17.0 Å². The van der Waals surface area contributed by atoms with Crippen LogP contribution in [0.2, 0.25) is 0 Å². The molecule has 1 fully saturated rings. The van der Waals surface area contributed by atoms with Crippen molar-refractivity contribution in [1.29, 1.82) is 0 Å². The smallest absolute Gasteiger partial charge is 0.253 e. The molecule has 0 aromatic heterocycles. The van der Waals surface area contributed by atoms with Gasteiger partial charge in [0.15, 0.2) is 0 Å². The highest BCUT2D eigenvalue weighted by atomic mass is 16.2. The maximum Gasteiger partial charge on any atom is 0.253 e. The molecule has 24 heavy (non-hydrogen) atoms. The highest BCUT2D eigenvalue weighted by Gasteiger charge is 2.23. The molecule has 0 saturated carbocycles.